The Bertz CT molecular complexity index is 1360. The van der Waals surface area contributed by atoms with Gasteiger partial charge < -0.3 is 9.72 Å². The Morgan fingerprint density at radius 3 is 2.81 bits per heavy atom. The maximum absolute atomic E-state index is 13.7. The molecule has 0 fully saturated rings. The molecule has 2 aromatic carbocycles. The molecule has 154 valence electrons. The maximum Gasteiger partial charge on any atom is 0.262 e. The van der Waals surface area contributed by atoms with Gasteiger partial charge in [0.1, 0.15) is 11.3 Å². The number of nitrogens with one attached hydrogen (secondary N) is 1. The molecule has 5 rings (SSSR count). The van der Waals surface area contributed by atoms with Crippen molar-refractivity contribution in [3.63, 3.8) is 0 Å². The first kappa shape index (κ1) is 19.3. The highest BCUT2D eigenvalue weighted by molar-refractivity contribution is 7.22. The van der Waals surface area contributed by atoms with E-state index < -0.39 is 0 Å². The molecular weight excluding hydrogens is 408 g/mol. The molecule has 0 aliphatic rings. The number of hydrogen-bond acceptors (Lipinski definition) is 5. The summed E-state index contributed by atoms with van der Waals surface area (Å²) in [4.78, 5) is 27.8. The Morgan fingerprint density at radius 2 is 1.97 bits per heavy atom. The van der Waals surface area contributed by atoms with Crippen LogP contribution in [0, 0.1) is 0 Å². The topological polar surface area (TPSA) is 71.1 Å². The summed E-state index contributed by atoms with van der Waals surface area (Å²) in [6, 6.07) is 19.3. The Morgan fingerprint density at radius 1 is 1.10 bits per heavy atom. The number of hydrogen-bond donors (Lipinski definition) is 1. The molecule has 0 atom stereocenters. The van der Waals surface area contributed by atoms with E-state index in [1.807, 2.05) is 67.6 Å². The van der Waals surface area contributed by atoms with E-state index >= 15 is 0 Å². The lowest BCUT2D eigenvalue weighted by atomic mass is 10.1. The number of H-pyrrole nitrogens is 1. The van der Waals surface area contributed by atoms with Gasteiger partial charge in [0.15, 0.2) is 5.13 Å². The number of pyridine rings is 1. The van der Waals surface area contributed by atoms with Crippen LogP contribution in [0.5, 0.6) is 5.75 Å². The van der Waals surface area contributed by atoms with Crippen LogP contribution >= 0.6 is 11.3 Å². The van der Waals surface area contributed by atoms with E-state index in [1.54, 1.807) is 17.3 Å². The first-order chi connectivity index (χ1) is 15.2. The van der Waals surface area contributed by atoms with Crippen LogP contribution in [-0.4, -0.2) is 27.5 Å². The predicted octanol–water partition coefficient (Wildman–Crippen LogP) is 5.42. The van der Waals surface area contributed by atoms with Gasteiger partial charge in [0.25, 0.3) is 5.91 Å². The van der Waals surface area contributed by atoms with Gasteiger partial charge in [0.2, 0.25) is 0 Å². The molecule has 5 aromatic rings. The first-order valence-corrected chi connectivity index (χ1v) is 10.9. The Balaban J connectivity index is 1.61. The van der Waals surface area contributed by atoms with Gasteiger partial charge in [-0.05, 0) is 37.3 Å². The minimum Gasteiger partial charge on any atom is -0.492 e. The highest BCUT2D eigenvalue weighted by Gasteiger charge is 2.25. The number of ether oxygens (including phenoxy) is 1. The maximum atomic E-state index is 13.7. The van der Waals surface area contributed by atoms with E-state index in [0.29, 0.717) is 23.8 Å². The van der Waals surface area contributed by atoms with E-state index in [1.165, 1.54) is 11.3 Å². The number of amides is 1. The molecule has 0 aliphatic carbocycles. The number of aromatic amines is 1. The number of nitrogens with zero attached hydrogens (tertiary/aromatic N) is 3. The summed E-state index contributed by atoms with van der Waals surface area (Å²) in [7, 11) is 0. The third-order valence-electron chi connectivity index (χ3n) is 5.01. The van der Waals surface area contributed by atoms with Gasteiger partial charge in [0.05, 0.1) is 29.1 Å². The number of anilines is 1. The van der Waals surface area contributed by atoms with Crippen LogP contribution in [0.2, 0.25) is 0 Å². The van der Waals surface area contributed by atoms with Crippen molar-refractivity contribution in [1.29, 1.82) is 0 Å². The van der Waals surface area contributed by atoms with Crippen LogP contribution in [0.3, 0.4) is 0 Å². The van der Waals surface area contributed by atoms with Crippen molar-refractivity contribution in [2.75, 3.05) is 11.5 Å². The third kappa shape index (κ3) is 3.64. The zero-order chi connectivity index (χ0) is 21.2. The van der Waals surface area contributed by atoms with Crippen molar-refractivity contribution in [1.82, 2.24) is 15.0 Å². The van der Waals surface area contributed by atoms with E-state index in [-0.39, 0.29) is 5.91 Å². The highest BCUT2D eigenvalue weighted by atomic mass is 32.1. The Hall–Kier alpha value is -3.71. The van der Waals surface area contributed by atoms with Crippen molar-refractivity contribution >= 4 is 43.5 Å². The lowest BCUT2D eigenvalue weighted by Crippen LogP contribution is -2.30. The minimum absolute atomic E-state index is 0.125. The van der Waals surface area contributed by atoms with Crippen molar-refractivity contribution in [2.45, 2.75) is 13.5 Å². The van der Waals surface area contributed by atoms with Gasteiger partial charge in [-0.1, -0.05) is 41.7 Å². The van der Waals surface area contributed by atoms with Gasteiger partial charge in [-0.15, -0.1) is 0 Å². The minimum atomic E-state index is -0.125. The predicted molar refractivity (Wildman–Crippen MR) is 124 cm³/mol. The van der Waals surface area contributed by atoms with Crippen LogP contribution in [0.25, 0.3) is 21.1 Å². The normalized spacial score (nSPS) is 11.1. The second-order valence-corrected chi connectivity index (χ2v) is 8.00. The SMILES string of the molecule is CCOc1cccc2sc(N(Cc3ccccn3)C(=O)c3c[nH]c4ccccc34)nc12. The number of para-hydroxylation sites is 2. The average Bonchev–Trinajstić information content (AvgIpc) is 3.43. The fourth-order valence-corrected chi connectivity index (χ4v) is 4.55. The molecule has 0 aliphatic heterocycles. The smallest absolute Gasteiger partial charge is 0.262 e. The lowest BCUT2D eigenvalue weighted by Gasteiger charge is -2.19. The number of fused-ring (bicyclic) bond motifs is 2. The summed E-state index contributed by atoms with van der Waals surface area (Å²) in [5, 5.41) is 1.50. The van der Waals surface area contributed by atoms with Crippen LogP contribution in [0.15, 0.2) is 73.1 Å². The summed E-state index contributed by atoms with van der Waals surface area (Å²) in [6.07, 6.45) is 3.49. The second-order valence-electron chi connectivity index (χ2n) is 6.99. The van der Waals surface area contributed by atoms with Crippen molar-refractivity contribution < 1.29 is 9.53 Å². The zero-order valence-electron chi connectivity index (χ0n) is 16.9. The molecule has 0 radical (unpaired) electrons. The number of benzene rings is 2. The highest BCUT2D eigenvalue weighted by Crippen LogP contribution is 2.35. The van der Waals surface area contributed by atoms with Crippen molar-refractivity contribution in [3.05, 3.63) is 84.3 Å². The van der Waals surface area contributed by atoms with Gasteiger partial charge in [0, 0.05) is 23.3 Å². The fraction of sp³-hybridized carbons (Fsp3) is 0.125. The van der Waals surface area contributed by atoms with Crippen LogP contribution in [-0.2, 0) is 6.54 Å². The largest absolute Gasteiger partial charge is 0.492 e. The van der Waals surface area contributed by atoms with Crippen molar-refractivity contribution in [2.24, 2.45) is 0 Å². The third-order valence-corrected chi connectivity index (χ3v) is 6.06. The zero-order valence-corrected chi connectivity index (χ0v) is 17.7. The molecule has 3 aromatic heterocycles. The summed E-state index contributed by atoms with van der Waals surface area (Å²) < 4.78 is 6.72. The van der Waals surface area contributed by atoms with Crippen molar-refractivity contribution in [3.8, 4) is 5.75 Å². The van der Waals surface area contributed by atoms with E-state index in [9.17, 15) is 4.79 Å². The molecular formula is C24H20N4O2S. The van der Waals surface area contributed by atoms with Crippen LogP contribution in [0.1, 0.15) is 23.0 Å². The molecule has 6 nitrogen and oxygen atoms in total. The lowest BCUT2D eigenvalue weighted by molar-refractivity contribution is 0.0986. The van der Waals surface area contributed by atoms with E-state index in [2.05, 4.69) is 9.97 Å². The number of aromatic nitrogens is 3. The molecule has 1 amide bonds. The molecule has 7 heteroatoms. The summed E-state index contributed by atoms with van der Waals surface area (Å²) in [6.45, 7) is 2.82. The number of carbonyl (C=O) groups is 1. The monoisotopic (exact) mass is 428 g/mol. The molecule has 0 saturated carbocycles. The van der Waals surface area contributed by atoms with Gasteiger partial charge >= 0.3 is 0 Å². The molecule has 3 heterocycles. The molecule has 1 N–H and O–H groups in total. The van der Waals surface area contributed by atoms with Gasteiger partial charge in [-0.25, -0.2) is 4.98 Å². The van der Waals surface area contributed by atoms with E-state index in [4.69, 9.17) is 9.72 Å². The van der Waals surface area contributed by atoms with Gasteiger partial charge in [-0.3, -0.25) is 14.7 Å². The summed E-state index contributed by atoms with van der Waals surface area (Å²) in [5.74, 6) is 0.597. The first-order valence-electron chi connectivity index (χ1n) is 10.0. The number of carbonyl (C=O) groups excluding carboxylic acids is 1. The standard InChI is InChI=1S/C24H20N4O2S/c1-2-30-20-11-7-12-21-22(20)27-24(31-21)28(15-16-8-5-6-13-25-16)23(29)18-14-26-19-10-4-3-9-17(18)19/h3-14,26H,2,15H2,1H3. The molecule has 0 saturated heterocycles. The van der Waals surface area contributed by atoms with E-state index in [0.717, 1.165) is 32.6 Å². The van der Waals surface area contributed by atoms with Gasteiger partial charge in [-0.2, -0.15) is 0 Å². The molecule has 0 spiro atoms. The average molecular weight is 429 g/mol. The Kier molecular flexibility index (Phi) is 5.09. The molecule has 0 unspecified atom stereocenters. The number of rotatable bonds is 6. The molecule has 31 heavy (non-hydrogen) atoms. The summed E-state index contributed by atoms with van der Waals surface area (Å²) in [5.41, 5.74) is 3.09. The van der Waals surface area contributed by atoms with Crippen LogP contribution in [0.4, 0.5) is 5.13 Å². The van der Waals surface area contributed by atoms with Crippen LogP contribution < -0.4 is 9.64 Å². The number of thiazole rings is 1. The molecule has 0 bridgehead atoms. The Labute approximate surface area is 183 Å². The second kappa shape index (κ2) is 8.20. The summed E-state index contributed by atoms with van der Waals surface area (Å²) >= 11 is 1.47. The quantitative estimate of drug-likeness (QED) is 0.392. The fourth-order valence-electron chi connectivity index (χ4n) is 3.57.